The molecule has 1 atom stereocenters. The van der Waals surface area contributed by atoms with E-state index in [2.05, 4.69) is 17.3 Å². The molecular formula is C21H25N3O3. The summed E-state index contributed by atoms with van der Waals surface area (Å²) >= 11 is 0. The Hall–Kier alpha value is -2.70. The predicted molar refractivity (Wildman–Crippen MR) is 104 cm³/mol. The van der Waals surface area contributed by atoms with Crippen LogP contribution in [-0.2, 0) is 0 Å². The molecule has 0 aliphatic carbocycles. The summed E-state index contributed by atoms with van der Waals surface area (Å²) in [5.74, 6) is -0.602. The molecular weight excluding hydrogens is 342 g/mol. The van der Waals surface area contributed by atoms with Gasteiger partial charge in [-0.25, -0.2) is 5.48 Å². The smallest absolute Gasteiger partial charge is 0.274 e. The van der Waals surface area contributed by atoms with Gasteiger partial charge in [-0.3, -0.25) is 14.8 Å². The molecule has 2 aromatic rings. The summed E-state index contributed by atoms with van der Waals surface area (Å²) in [5.41, 5.74) is 4.51. The van der Waals surface area contributed by atoms with Crippen LogP contribution in [-0.4, -0.2) is 48.1 Å². The van der Waals surface area contributed by atoms with Crippen LogP contribution < -0.4 is 10.8 Å². The number of benzene rings is 2. The second kappa shape index (κ2) is 8.79. The zero-order chi connectivity index (χ0) is 19.2. The van der Waals surface area contributed by atoms with Crippen LogP contribution in [0.4, 0.5) is 0 Å². The van der Waals surface area contributed by atoms with Crippen LogP contribution in [0.1, 0.15) is 40.0 Å². The molecule has 3 rings (SSSR count). The molecule has 1 aliphatic rings. The fourth-order valence-electron chi connectivity index (χ4n) is 3.49. The van der Waals surface area contributed by atoms with E-state index in [4.69, 9.17) is 5.21 Å². The van der Waals surface area contributed by atoms with Gasteiger partial charge in [0.1, 0.15) is 0 Å². The van der Waals surface area contributed by atoms with Crippen molar-refractivity contribution < 1.29 is 14.8 Å². The molecule has 1 aliphatic heterocycles. The van der Waals surface area contributed by atoms with Crippen molar-refractivity contribution in [3.05, 3.63) is 59.7 Å². The SMILES string of the molecule is CN1CCCC1CCNC(=O)c1ccc(-c2ccc(C(=O)NO)cc2)cc1. The fourth-order valence-corrected chi connectivity index (χ4v) is 3.49. The van der Waals surface area contributed by atoms with E-state index < -0.39 is 5.91 Å². The molecule has 1 saturated heterocycles. The molecule has 1 heterocycles. The molecule has 6 nitrogen and oxygen atoms in total. The van der Waals surface area contributed by atoms with E-state index in [1.165, 1.54) is 12.8 Å². The van der Waals surface area contributed by atoms with Crippen LogP contribution in [0.5, 0.6) is 0 Å². The first-order chi connectivity index (χ1) is 13.1. The molecule has 0 spiro atoms. The molecule has 1 fully saturated rings. The maximum Gasteiger partial charge on any atom is 0.274 e. The van der Waals surface area contributed by atoms with Gasteiger partial charge in [0, 0.05) is 23.7 Å². The second-order valence-corrected chi connectivity index (χ2v) is 6.92. The van der Waals surface area contributed by atoms with Crippen molar-refractivity contribution in [1.82, 2.24) is 15.7 Å². The Morgan fingerprint density at radius 2 is 1.56 bits per heavy atom. The van der Waals surface area contributed by atoms with Gasteiger partial charge in [-0.15, -0.1) is 0 Å². The van der Waals surface area contributed by atoms with E-state index >= 15 is 0 Å². The lowest BCUT2D eigenvalue weighted by Gasteiger charge is -2.19. The molecule has 0 saturated carbocycles. The highest BCUT2D eigenvalue weighted by atomic mass is 16.5. The molecule has 1 unspecified atom stereocenters. The lowest BCUT2D eigenvalue weighted by molar-refractivity contribution is 0.0706. The number of amides is 2. The average molecular weight is 367 g/mol. The molecule has 0 bridgehead atoms. The summed E-state index contributed by atoms with van der Waals surface area (Å²) < 4.78 is 0. The van der Waals surface area contributed by atoms with Crippen molar-refractivity contribution in [1.29, 1.82) is 0 Å². The number of nitrogens with one attached hydrogen (secondary N) is 2. The number of hydrogen-bond acceptors (Lipinski definition) is 4. The maximum atomic E-state index is 12.3. The van der Waals surface area contributed by atoms with Gasteiger partial charge in [-0.2, -0.15) is 0 Å². The van der Waals surface area contributed by atoms with Crippen LogP contribution in [0, 0.1) is 0 Å². The predicted octanol–water partition coefficient (Wildman–Crippen LogP) is 2.69. The van der Waals surface area contributed by atoms with E-state index in [-0.39, 0.29) is 5.91 Å². The highest BCUT2D eigenvalue weighted by molar-refractivity contribution is 5.95. The van der Waals surface area contributed by atoms with Crippen LogP contribution in [0.15, 0.2) is 48.5 Å². The number of nitrogens with zero attached hydrogens (tertiary/aromatic N) is 1. The minimum Gasteiger partial charge on any atom is -0.352 e. The van der Waals surface area contributed by atoms with Gasteiger partial charge in [0.2, 0.25) is 0 Å². The minimum atomic E-state index is -0.544. The van der Waals surface area contributed by atoms with E-state index in [1.807, 2.05) is 12.1 Å². The maximum absolute atomic E-state index is 12.3. The minimum absolute atomic E-state index is 0.0582. The quantitative estimate of drug-likeness (QED) is 0.542. The Labute approximate surface area is 159 Å². The van der Waals surface area contributed by atoms with Gasteiger partial charge in [0.15, 0.2) is 0 Å². The lowest BCUT2D eigenvalue weighted by Crippen LogP contribution is -2.31. The Bertz CT molecular complexity index is 787. The van der Waals surface area contributed by atoms with Crippen molar-refractivity contribution >= 4 is 11.8 Å². The van der Waals surface area contributed by atoms with Gasteiger partial charge in [-0.1, -0.05) is 24.3 Å². The zero-order valence-electron chi connectivity index (χ0n) is 15.4. The lowest BCUT2D eigenvalue weighted by atomic mass is 10.0. The second-order valence-electron chi connectivity index (χ2n) is 6.92. The topological polar surface area (TPSA) is 81.7 Å². The zero-order valence-corrected chi connectivity index (χ0v) is 15.4. The van der Waals surface area contributed by atoms with Crippen LogP contribution in [0.25, 0.3) is 11.1 Å². The molecule has 0 radical (unpaired) electrons. The number of rotatable bonds is 6. The van der Waals surface area contributed by atoms with Crippen molar-refractivity contribution in [2.24, 2.45) is 0 Å². The fraction of sp³-hybridized carbons (Fsp3) is 0.333. The normalized spacial score (nSPS) is 16.9. The van der Waals surface area contributed by atoms with E-state index in [1.54, 1.807) is 41.9 Å². The molecule has 2 amide bonds. The van der Waals surface area contributed by atoms with Crippen LogP contribution in [0.2, 0.25) is 0 Å². The number of likely N-dealkylation sites (tertiary alicyclic amines) is 1. The highest BCUT2D eigenvalue weighted by Gasteiger charge is 2.20. The van der Waals surface area contributed by atoms with E-state index in [9.17, 15) is 9.59 Å². The highest BCUT2D eigenvalue weighted by Crippen LogP contribution is 2.21. The first-order valence-electron chi connectivity index (χ1n) is 9.22. The monoisotopic (exact) mass is 367 g/mol. The third kappa shape index (κ3) is 4.72. The summed E-state index contributed by atoms with van der Waals surface area (Å²) in [7, 11) is 2.14. The van der Waals surface area contributed by atoms with Gasteiger partial charge in [-0.05, 0) is 68.2 Å². The Balaban J connectivity index is 1.56. The van der Waals surface area contributed by atoms with Crippen molar-refractivity contribution in [2.45, 2.75) is 25.3 Å². The van der Waals surface area contributed by atoms with E-state index in [0.29, 0.717) is 23.7 Å². The average Bonchev–Trinajstić information content (AvgIpc) is 3.12. The Morgan fingerprint density at radius 1 is 1.00 bits per heavy atom. The summed E-state index contributed by atoms with van der Waals surface area (Å²) in [6.45, 7) is 1.83. The van der Waals surface area contributed by atoms with Gasteiger partial charge in [0.25, 0.3) is 11.8 Å². The van der Waals surface area contributed by atoms with E-state index in [0.717, 1.165) is 24.1 Å². The molecule has 142 valence electrons. The molecule has 6 heteroatoms. The largest absolute Gasteiger partial charge is 0.352 e. The van der Waals surface area contributed by atoms with Gasteiger partial charge in [0.05, 0.1) is 0 Å². The van der Waals surface area contributed by atoms with Crippen molar-refractivity contribution in [3.63, 3.8) is 0 Å². The van der Waals surface area contributed by atoms with Crippen molar-refractivity contribution in [2.75, 3.05) is 20.1 Å². The number of hydroxylamine groups is 1. The Morgan fingerprint density at radius 3 is 2.04 bits per heavy atom. The summed E-state index contributed by atoms with van der Waals surface area (Å²) in [6, 6.07) is 14.9. The van der Waals surface area contributed by atoms with Gasteiger partial charge < -0.3 is 10.2 Å². The first kappa shape index (κ1) is 19.1. The van der Waals surface area contributed by atoms with Crippen LogP contribution in [0.3, 0.4) is 0 Å². The standard InChI is InChI=1S/C21H25N3O3/c1-24-14-2-3-19(24)12-13-22-20(25)17-8-4-15(5-9-17)16-6-10-18(11-7-16)21(26)23-27/h4-11,19,27H,2-3,12-14H2,1H3,(H,22,25)(H,23,26). The third-order valence-corrected chi connectivity index (χ3v) is 5.16. The molecule has 2 aromatic carbocycles. The number of hydrogen-bond donors (Lipinski definition) is 3. The number of carbonyl (C=O) groups is 2. The summed E-state index contributed by atoms with van der Waals surface area (Å²) in [5, 5.41) is 11.7. The first-order valence-corrected chi connectivity index (χ1v) is 9.22. The third-order valence-electron chi connectivity index (χ3n) is 5.16. The molecule has 3 N–H and O–H groups in total. The number of carbonyl (C=O) groups excluding carboxylic acids is 2. The van der Waals surface area contributed by atoms with Crippen molar-refractivity contribution in [3.8, 4) is 11.1 Å². The van der Waals surface area contributed by atoms with Crippen LogP contribution >= 0.6 is 0 Å². The summed E-state index contributed by atoms with van der Waals surface area (Å²) in [6.07, 6.45) is 3.43. The molecule has 0 aromatic heterocycles. The molecule has 27 heavy (non-hydrogen) atoms. The summed E-state index contributed by atoms with van der Waals surface area (Å²) in [4.78, 5) is 26.0. The van der Waals surface area contributed by atoms with Gasteiger partial charge >= 0.3 is 0 Å². The Kier molecular flexibility index (Phi) is 6.21.